The second kappa shape index (κ2) is 5.18. The minimum Gasteiger partial charge on any atom is -0.395 e. The highest BCUT2D eigenvalue weighted by Crippen LogP contribution is 2.00. The van der Waals surface area contributed by atoms with Gasteiger partial charge in [-0.3, -0.25) is 5.32 Å². The Bertz CT molecular complexity index is 289. The molecule has 0 spiro atoms. The van der Waals surface area contributed by atoms with Crippen LogP contribution in [0, 0.1) is 0 Å². The number of pyridine rings is 1. The van der Waals surface area contributed by atoms with Crippen LogP contribution in [0.2, 0.25) is 0 Å². The van der Waals surface area contributed by atoms with Gasteiger partial charge in [0.1, 0.15) is 5.82 Å². The molecule has 5 nitrogen and oxygen atoms in total. The van der Waals surface area contributed by atoms with E-state index in [0.29, 0.717) is 12.4 Å². The Morgan fingerprint density at radius 1 is 1.64 bits per heavy atom. The first-order valence-corrected chi connectivity index (χ1v) is 4.28. The molecule has 0 aliphatic heterocycles. The largest absolute Gasteiger partial charge is 0.395 e. The highest BCUT2D eigenvalue weighted by Gasteiger charge is 2.07. The number of carbonyl (C=O) groups excluding carboxylic acids is 1. The summed E-state index contributed by atoms with van der Waals surface area (Å²) in [5, 5.41) is 11.2. The van der Waals surface area contributed by atoms with Gasteiger partial charge >= 0.3 is 6.03 Å². The molecule has 0 radical (unpaired) electrons. The van der Waals surface area contributed by atoms with Crippen LogP contribution in [0.5, 0.6) is 0 Å². The number of amides is 2. The molecular formula is C9H13N3O2. The predicted octanol–water partition coefficient (Wildman–Crippen LogP) is 0.538. The number of aromatic nitrogens is 1. The number of likely N-dealkylation sites (N-methyl/N-ethyl adjacent to an activating group) is 1. The lowest BCUT2D eigenvalue weighted by molar-refractivity contribution is 0.202. The van der Waals surface area contributed by atoms with Gasteiger partial charge < -0.3 is 10.0 Å². The van der Waals surface area contributed by atoms with Gasteiger partial charge in [0.15, 0.2) is 0 Å². The van der Waals surface area contributed by atoms with E-state index >= 15 is 0 Å². The summed E-state index contributed by atoms with van der Waals surface area (Å²) in [7, 11) is 1.61. The van der Waals surface area contributed by atoms with Crippen molar-refractivity contribution in [3.8, 4) is 0 Å². The number of aliphatic hydroxyl groups is 1. The summed E-state index contributed by atoms with van der Waals surface area (Å²) in [4.78, 5) is 16.7. The number of rotatable bonds is 3. The molecule has 0 unspecified atom stereocenters. The Labute approximate surface area is 82.4 Å². The molecule has 2 amide bonds. The van der Waals surface area contributed by atoms with Gasteiger partial charge in [0, 0.05) is 19.8 Å². The van der Waals surface area contributed by atoms with Gasteiger partial charge in [0.05, 0.1) is 6.61 Å². The third-order valence-electron chi connectivity index (χ3n) is 1.68. The number of hydrogen-bond donors (Lipinski definition) is 2. The summed E-state index contributed by atoms with van der Waals surface area (Å²) in [6.45, 7) is 0.255. The first-order chi connectivity index (χ1) is 6.74. The zero-order chi connectivity index (χ0) is 10.4. The molecule has 1 heterocycles. The fourth-order valence-corrected chi connectivity index (χ4v) is 0.893. The van der Waals surface area contributed by atoms with Gasteiger partial charge in [-0.1, -0.05) is 6.07 Å². The van der Waals surface area contributed by atoms with Crippen LogP contribution < -0.4 is 5.32 Å². The number of urea groups is 1. The lowest BCUT2D eigenvalue weighted by Gasteiger charge is -2.15. The molecule has 76 valence electrons. The Kier molecular flexibility index (Phi) is 3.87. The first kappa shape index (κ1) is 10.5. The molecule has 5 heteroatoms. The smallest absolute Gasteiger partial charge is 0.322 e. The summed E-state index contributed by atoms with van der Waals surface area (Å²) in [6.07, 6.45) is 1.60. The van der Waals surface area contributed by atoms with Crippen LogP contribution in [-0.2, 0) is 0 Å². The second-order valence-electron chi connectivity index (χ2n) is 2.79. The molecule has 0 atom stereocenters. The highest BCUT2D eigenvalue weighted by atomic mass is 16.3. The van der Waals surface area contributed by atoms with E-state index in [0.717, 1.165) is 0 Å². The number of nitrogens with zero attached hydrogens (tertiary/aromatic N) is 2. The maximum Gasteiger partial charge on any atom is 0.322 e. The quantitative estimate of drug-likeness (QED) is 0.739. The van der Waals surface area contributed by atoms with E-state index < -0.39 is 0 Å². The minimum atomic E-state index is -0.280. The number of hydrogen-bond acceptors (Lipinski definition) is 3. The van der Waals surface area contributed by atoms with Crippen molar-refractivity contribution in [2.24, 2.45) is 0 Å². The maximum atomic E-state index is 11.4. The summed E-state index contributed by atoms with van der Waals surface area (Å²) in [6, 6.07) is 4.98. The second-order valence-corrected chi connectivity index (χ2v) is 2.79. The van der Waals surface area contributed by atoms with Crippen LogP contribution in [-0.4, -0.2) is 41.2 Å². The molecule has 2 N–H and O–H groups in total. The molecule has 1 aromatic rings. The molecule has 1 rings (SSSR count). The molecule has 0 saturated carbocycles. The van der Waals surface area contributed by atoms with Crippen LogP contribution in [0.3, 0.4) is 0 Å². The summed E-state index contributed by atoms with van der Waals surface area (Å²) >= 11 is 0. The van der Waals surface area contributed by atoms with Gasteiger partial charge in [0.25, 0.3) is 0 Å². The van der Waals surface area contributed by atoms with E-state index in [2.05, 4.69) is 10.3 Å². The number of anilines is 1. The standard InChI is InChI=1S/C9H13N3O2/c1-12(6-7-13)9(14)11-8-4-2-3-5-10-8/h2-5,13H,6-7H2,1H3,(H,10,11,14). The Morgan fingerprint density at radius 2 is 2.43 bits per heavy atom. The van der Waals surface area contributed by atoms with Gasteiger partial charge in [-0.25, -0.2) is 9.78 Å². The van der Waals surface area contributed by atoms with Crippen molar-refractivity contribution in [3.63, 3.8) is 0 Å². The van der Waals surface area contributed by atoms with E-state index in [-0.39, 0.29) is 12.6 Å². The highest BCUT2D eigenvalue weighted by molar-refractivity contribution is 5.87. The zero-order valence-corrected chi connectivity index (χ0v) is 7.97. The monoisotopic (exact) mass is 195 g/mol. The Hall–Kier alpha value is -1.62. The average Bonchev–Trinajstić information content (AvgIpc) is 2.19. The van der Waals surface area contributed by atoms with E-state index in [9.17, 15) is 4.79 Å². The number of nitrogens with one attached hydrogen (secondary N) is 1. The van der Waals surface area contributed by atoms with Crippen molar-refractivity contribution in [2.75, 3.05) is 25.5 Å². The fraction of sp³-hybridized carbons (Fsp3) is 0.333. The van der Waals surface area contributed by atoms with E-state index in [1.807, 2.05) is 0 Å². The van der Waals surface area contributed by atoms with Gasteiger partial charge in [-0.2, -0.15) is 0 Å². The van der Waals surface area contributed by atoms with Crippen LogP contribution in [0.15, 0.2) is 24.4 Å². The number of carbonyl (C=O) groups is 1. The molecule has 14 heavy (non-hydrogen) atoms. The van der Waals surface area contributed by atoms with Crippen LogP contribution in [0.4, 0.5) is 10.6 Å². The Morgan fingerprint density at radius 3 is 3.00 bits per heavy atom. The van der Waals surface area contributed by atoms with Gasteiger partial charge in [0.2, 0.25) is 0 Å². The van der Waals surface area contributed by atoms with Crippen LogP contribution >= 0.6 is 0 Å². The lowest BCUT2D eigenvalue weighted by Crippen LogP contribution is -2.33. The van der Waals surface area contributed by atoms with Crippen molar-refractivity contribution in [1.29, 1.82) is 0 Å². The molecule has 0 aliphatic rings. The normalized spacial score (nSPS) is 9.57. The fourth-order valence-electron chi connectivity index (χ4n) is 0.893. The van der Waals surface area contributed by atoms with Crippen molar-refractivity contribution >= 4 is 11.8 Å². The predicted molar refractivity (Wildman–Crippen MR) is 53.0 cm³/mol. The molecule has 0 bridgehead atoms. The Balaban J connectivity index is 2.49. The average molecular weight is 195 g/mol. The topological polar surface area (TPSA) is 65.5 Å². The lowest BCUT2D eigenvalue weighted by atomic mass is 10.4. The molecule has 0 saturated heterocycles. The summed E-state index contributed by atoms with van der Waals surface area (Å²) in [5.41, 5.74) is 0. The van der Waals surface area contributed by atoms with E-state index in [4.69, 9.17) is 5.11 Å². The maximum absolute atomic E-state index is 11.4. The molecule has 0 fully saturated rings. The molecule has 0 aliphatic carbocycles. The van der Waals surface area contributed by atoms with Crippen molar-refractivity contribution < 1.29 is 9.90 Å². The first-order valence-electron chi connectivity index (χ1n) is 4.28. The molecular weight excluding hydrogens is 182 g/mol. The minimum absolute atomic E-state index is 0.0495. The molecule has 0 aromatic carbocycles. The third-order valence-corrected chi connectivity index (χ3v) is 1.68. The summed E-state index contributed by atoms with van der Waals surface area (Å²) < 4.78 is 0. The molecule has 1 aromatic heterocycles. The van der Waals surface area contributed by atoms with E-state index in [1.165, 1.54) is 4.90 Å². The van der Waals surface area contributed by atoms with Crippen LogP contribution in [0.25, 0.3) is 0 Å². The van der Waals surface area contributed by atoms with E-state index in [1.54, 1.807) is 31.4 Å². The van der Waals surface area contributed by atoms with Crippen molar-refractivity contribution in [2.45, 2.75) is 0 Å². The van der Waals surface area contributed by atoms with Crippen LogP contribution in [0.1, 0.15) is 0 Å². The SMILES string of the molecule is CN(CCO)C(=O)Nc1ccccn1. The summed E-state index contributed by atoms with van der Waals surface area (Å²) in [5.74, 6) is 0.502. The number of aliphatic hydroxyl groups excluding tert-OH is 1. The van der Waals surface area contributed by atoms with Gasteiger partial charge in [-0.15, -0.1) is 0 Å². The third kappa shape index (κ3) is 3.02. The van der Waals surface area contributed by atoms with Crippen molar-refractivity contribution in [1.82, 2.24) is 9.88 Å². The van der Waals surface area contributed by atoms with Crippen molar-refractivity contribution in [3.05, 3.63) is 24.4 Å². The van der Waals surface area contributed by atoms with Gasteiger partial charge in [-0.05, 0) is 12.1 Å². The zero-order valence-electron chi connectivity index (χ0n) is 7.97.